The van der Waals surface area contributed by atoms with Crippen LogP contribution in [0.25, 0.3) is 0 Å². The number of nitrogens with zero attached hydrogens (tertiary/aromatic N) is 3. The van der Waals surface area contributed by atoms with Crippen molar-refractivity contribution in [1.82, 2.24) is 9.97 Å². The molecule has 5 heteroatoms. The SMILES string of the molecule is c1cc(NCc2ccc(N3CCSCC3)cc2)nc(C2CC2)n1. The van der Waals surface area contributed by atoms with Gasteiger partial charge in [0, 0.05) is 48.9 Å². The van der Waals surface area contributed by atoms with Gasteiger partial charge in [0.2, 0.25) is 0 Å². The minimum atomic E-state index is 0.596. The molecule has 0 unspecified atom stereocenters. The van der Waals surface area contributed by atoms with E-state index in [0.29, 0.717) is 5.92 Å². The Balaban J connectivity index is 1.36. The molecule has 23 heavy (non-hydrogen) atoms. The van der Waals surface area contributed by atoms with Gasteiger partial charge in [-0.25, -0.2) is 9.97 Å². The van der Waals surface area contributed by atoms with Crippen molar-refractivity contribution >= 4 is 23.3 Å². The Bertz CT molecular complexity index is 648. The summed E-state index contributed by atoms with van der Waals surface area (Å²) in [5.74, 6) is 4.99. The van der Waals surface area contributed by atoms with E-state index in [0.717, 1.165) is 31.3 Å². The Morgan fingerprint density at radius 2 is 1.87 bits per heavy atom. The van der Waals surface area contributed by atoms with Crippen LogP contribution in [0.4, 0.5) is 11.5 Å². The zero-order valence-corrected chi connectivity index (χ0v) is 14.1. The Labute approximate surface area is 141 Å². The van der Waals surface area contributed by atoms with Gasteiger partial charge in [0.15, 0.2) is 0 Å². The number of rotatable bonds is 5. The average Bonchev–Trinajstić information content (AvgIpc) is 3.47. The van der Waals surface area contributed by atoms with Gasteiger partial charge in [-0.1, -0.05) is 12.1 Å². The third kappa shape index (κ3) is 3.78. The largest absolute Gasteiger partial charge is 0.370 e. The van der Waals surface area contributed by atoms with Gasteiger partial charge in [-0.2, -0.15) is 11.8 Å². The van der Waals surface area contributed by atoms with Gasteiger partial charge in [-0.05, 0) is 36.6 Å². The maximum absolute atomic E-state index is 4.61. The lowest BCUT2D eigenvalue weighted by atomic mass is 10.2. The molecule has 1 aromatic heterocycles. The molecule has 2 aromatic rings. The van der Waals surface area contributed by atoms with Gasteiger partial charge < -0.3 is 10.2 Å². The van der Waals surface area contributed by atoms with Gasteiger partial charge >= 0.3 is 0 Å². The molecule has 120 valence electrons. The second-order valence-corrected chi connectivity index (χ2v) is 7.42. The van der Waals surface area contributed by atoms with E-state index in [4.69, 9.17) is 0 Å². The van der Waals surface area contributed by atoms with E-state index in [1.54, 1.807) is 0 Å². The topological polar surface area (TPSA) is 41.0 Å². The summed E-state index contributed by atoms with van der Waals surface area (Å²) in [5.41, 5.74) is 2.62. The summed E-state index contributed by atoms with van der Waals surface area (Å²) in [5, 5.41) is 3.41. The number of aromatic nitrogens is 2. The van der Waals surface area contributed by atoms with Crippen LogP contribution in [0.3, 0.4) is 0 Å². The van der Waals surface area contributed by atoms with Crippen molar-refractivity contribution in [2.45, 2.75) is 25.3 Å². The molecule has 1 saturated carbocycles. The van der Waals surface area contributed by atoms with Gasteiger partial charge in [-0.3, -0.25) is 0 Å². The predicted molar refractivity (Wildman–Crippen MR) is 97.3 cm³/mol. The average molecular weight is 326 g/mol. The Morgan fingerprint density at radius 1 is 1.09 bits per heavy atom. The summed E-state index contributed by atoms with van der Waals surface area (Å²) in [6.07, 6.45) is 4.33. The van der Waals surface area contributed by atoms with Crippen molar-refractivity contribution in [3.8, 4) is 0 Å². The van der Waals surface area contributed by atoms with Crippen molar-refractivity contribution in [1.29, 1.82) is 0 Å². The number of benzene rings is 1. The number of hydrogen-bond donors (Lipinski definition) is 1. The van der Waals surface area contributed by atoms with E-state index in [-0.39, 0.29) is 0 Å². The van der Waals surface area contributed by atoms with Crippen molar-refractivity contribution in [3.05, 3.63) is 47.9 Å². The molecular weight excluding hydrogens is 304 g/mol. The third-order valence-corrected chi connectivity index (χ3v) is 5.35. The van der Waals surface area contributed by atoms with Crippen molar-refractivity contribution < 1.29 is 0 Å². The fourth-order valence-corrected chi connectivity index (χ4v) is 3.75. The predicted octanol–water partition coefficient (Wildman–Crippen LogP) is 3.52. The van der Waals surface area contributed by atoms with E-state index in [1.165, 1.54) is 35.6 Å². The highest BCUT2D eigenvalue weighted by atomic mass is 32.2. The minimum Gasteiger partial charge on any atom is -0.370 e. The molecule has 1 aromatic carbocycles. The van der Waals surface area contributed by atoms with Gasteiger partial charge in [0.1, 0.15) is 11.6 Å². The second-order valence-electron chi connectivity index (χ2n) is 6.19. The van der Waals surface area contributed by atoms with Crippen LogP contribution in [-0.4, -0.2) is 34.6 Å². The molecule has 1 N–H and O–H groups in total. The standard InChI is InChI=1S/C18H22N4S/c1-5-16(22-9-11-23-12-10-22)6-2-14(1)13-20-17-7-8-19-18(21-17)15-3-4-15/h1-2,5-8,15H,3-4,9-13H2,(H,19,20,21). The normalized spacial score (nSPS) is 18.0. The molecule has 2 aliphatic rings. The lowest BCUT2D eigenvalue weighted by molar-refractivity contribution is 0.858. The molecule has 2 fully saturated rings. The molecule has 4 nitrogen and oxygen atoms in total. The fourth-order valence-electron chi connectivity index (χ4n) is 2.85. The van der Waals surface area contributed by atoms with Crippen LogP contribution in [0.2, 0.25) is 0 Å². The van der Waals surface area contributed by atoms with E-state index in [1.807, 2.05) is 24.0 Å². The zero-order valence-electron chi connectivity index (χ0n) is 13.2. The molecule has 0 bridgehead atoms. The van der Waals surface area contributed by atoms with Gasteiger partial charge in [-0.15, -0.1) is 0 Å². The van der Waals surface area contributed by atoms with Gasteiger partial charge in [0.25, 0.3) is 0 Å². The molecule has 1 aliphatic heterocycles. The molecular formula is C18H22N4S. The summed E-state index contributed by atoms with van der Waals surface area (Å²) in [7, 11) is 0. The summed E-state index contributed by atoms with van der Waals surface area (Å²) in [6, 6.07) is 10.9. The number of nitrogens with one attached hydrogen (secondary N) is 1. The lowest BCUT2D eigenvalue weighted by Crippen LogP contribution is -2.32. The quantitative estimate of drug-likeness (QED) is 0.910. The van der Waals surface area contributed by atoms with Crippen LogP contribution in [-0.2, 0) is 6.54 Å². The highest BCUT2D eigenvalue weighted by Gasteiger charge is 2.26. The first-order valence-electron chi connectivity index (χ1n) is 8.37. The molecule has 0 amide bonds. The van der Waals surface area contributed by atoms with E-state index < -0.39 is 0 Å². The summed E-state index contributed by atoms with van der Waals surface area (Å²) >= 11 is 2.05. The van der Waals surface area contributed by atoms with Crippen LogP contribution in [0, 0.1) is 0 Å². The van der Waals surface area contributed by atoms with E-state index in [9.17, 15) is 0 Å². The molecule has 0 spiro atoms. The summed E-state index contributed by atoms with van der Waals surface area (Å²) in [6.45, 7) is 3.12. The third-order valence-electron chi connectivity index (χ3n) is 4.40. The monoisotopic (exact) mass is 326 g/mol. The van der Waals surface area contributed by atoms with E-state index >= 15 is 0 Å². The molecule has 1 saturated heterocycles. The van der Waals surface area contributed by atoms with Crippen LogP contribution in [0.15, 0.2) is 36.5 Å². The van der Waals surface area contributed by atoms with Crippen LogP contribution >= 0.6 is 11.8 Å². The maximum atomic E-state index is 4.61. The van der Waals surface area contributed by atoms with Crippen LogP contribution < -0.4 is 10.2 Å². The molecule has 0 radical (unpaired) electrons. The Morgan fingerprint density at radius 3 is 2.61 bits per heavy atom. The summed E-state index contributed by atoms with van der Waals surface area (Å²) in [4.78, 5) is 11.4. The highest BCUT2D eigenvalue weighted by Crippen LogP contribution is 2.38. The molecule has 4 rings (SSSR count). The second kappa shape index (κ2) is 6.79. The van der Waals surface area contributed by atoms with E-state index in [2.05, 4.69) is 44.5 Å². The Hall–Kier alpha value is -1.75. The van der Waals surface area contributed by atoms with Crippen molar-refractivity contribution in [2.24, 2.45) is 0 Å². The summed E-state index contributed by atoms with van der Waals surface area (Å²) < 4.78 is 0. The first kappa shape index (κ1) is 14.8. The molecule has 0 atom stereocenters. The molecule has 2 heterocycles. The number of hydrogen-bond acceptors (Lipinski definition) is 5. The van der Waals surface area contributed by atoms with Crippen molar-refractivity contribution in [2.75, 3.05) is 34.8 Å². The highest BCUT2D eigenvalue weighted by molar-refractivity contribution is 7.99. The van der Waals surface area contributed by atoms with Gasteiger partial charge in [0.05, 0.1) is 0 Å². The Kier molecular flexibility index (Phi) is 4.37. The lowest BCUT2D eigenvalue weighted by Gasteiger charge is -2.28. The van der Waals surface area contributed by atoms with Crippen LogP contribution in [0.1, 0.15) is 30.1 Å². The van der Waals surface area contributed by atoms with Crippen LogP contribution in [0.5, 0.6) is 0 Å². The number of anilines is 2. The fraction of sp³-hybridized carbons (Fsp3) is 0.444. The first-order valence-corrected chi connectivity index (χ1v) is 9.52. The maximum Gasteiger partial charge on any atom is 0.133 e. The zero-order chi connectivity index (χ0) is 15.5. The first-order chi connectivity index (χ1) is 11.4. The minimum absolute atomic E-state index is 0.596. The number of thioether (sulfide) groups is 1. The smallest absolute Gasteiger partial charge is 0.133 e. The van der Waals surface area contributed by atoms with Crippen molar-refractivity contribution in [3.63, 3.8) is 0 Å². The molecule has 1 aliphatic carbocycles.